The molecular formula is C18H19N3O5. The highest BCUT2D eigenvalue weighted by Crippen LogP contribution is 2.22. The number of carbonyl (C=O) groups excluding carboxylic acids is 2. The van der Waals surface area contributed by atoms with E-state index < -0.39 is 18.5 Å². The molecule has 0 bridgehead atoms. The van der Waals surface area contributed by atoms with Crippen LogP contribution in [0.15, 0.2) is 42.4 Å². The number of esters is 1. The van der Waals surface area contributed by atoms with Gasteiger partial charge in [0.15, 0.2) is 6.61 Å². The molecule has 26 heavy (non-hydrogen) atoms. The molecule has 1 N–H and O–H groups in total. The van der Waals surface area contributed by atoms with Crippen LogP contribution >= 0.6 is 0 Å². The Morgan fingerprint density at radius 3 is 2.69 bits per heavy atom. The van der Waals surface area contributed by atoms with Crippen molar-refractivity contribution in [1.29, 1.82) is 0 Å². The van der Waals surface area contributed by atoms with Crippen LogP contribution in [0, 0.1) is 13.8 Å². The van der Waals surface area contributed by atoms with Gasteiger partial charge in [0.05, 0.1) is 22.8 Å². The zero-order valence-electron chi connectivity index (χ0n) is 14.5. The third-order valence-electron chi connectivity index (χ3n) is 3.74. The topological polar surface area (TPSA) is 91.7 Å². The Hall–Kier alpha value is -3.29. The van der Waals surface area contributed by atoms with E-state index in [-0.39, 0.29) is 12.4 Å². The molecule has 1 aliphatic rings. The van der Waals surface area contributed by atoms with Gasteiger partial charge in [-0.25, -0.2) is 9.48 Å². The largest absolute Gasteiger partial charge is 0.493 e. The van der Waals surface area contributed by atoms with E-state index >= 15 is 0 Å². The van der Waals surface area contributed by atoms with Gasteiger partial charge in [0.1, 0.15) is 19.5 Å². The van der Waals surface area contributed by atoms with Gasteiger partial charge in [0, 0.05) is 0 Å². The van der Waals surface area contributed by atoms with E-state index in [1.54, 1.807) is 11.6 Å². The van der Waals surface area contributed by atoms with Gasteiger partial charge in [-0.05, 0) is 26.0 Å². The molecule has 2 heterocycles. The summed E-state index contributed by atoms with van der Waals surface area (Å²) in [6.07, 6.45) is 1.18. The number of rotatable bonds is 5. The Kier molecular flexibility index (Phi) is 5.21. The molecule has 0 fully saturated rings. The highest BCUT2D eigenvalue weighted by molar-refractivity contribution is 5.95. The highest BCUT2D eigenvalue weighted by atomic mass is 16.6. The minimum atomic E-state index is -0.742. The van der Waals surface area contributed by atoms with E-state index in [4.69, 9.17) is 14.2 Å². The molecule has 0 saturated heterocycles. The van der Waals surface area contributed by atoms with Crippen LogP contribution in [0.25, 0.3) is 5.69 Å². The summed E-state index contributed by atoms with van der Waals surface area (Å²) in [7, 11) is 0. The standard InChI is InChI=1S/C18H19N3O5/c1-12-17(13(2)21(20-12)14-6-4-3-5-7-14)19-16(22)11-26-18(23)15-10-24-8-9-25-15/h3-7,10H,8-9,11H2,1-2H3,(H,19,22). The molecule has 2 aromatic rings. The van der Waals surface area contributed by atoms with Gasteiger partial charge in [-0.2, -0.15) is 5.10 Å². The molecule has 0 aliphatic carbocycles. The number of ether oxygens (including phenoxy) is 3. The van der Waals surface area contributed by atoms with Crippen LogP contribution in [-0.4, -0.2) is 41.5 Å². The number of hydrogen-bond donors (Lipinski definition) is 1. The summed E-state index contributed by atoms with van der Waals surface area (Å²) in [4.78, 5) is 23.9. The fraction of sp³-hybridized carbons (Fsp3) is 0.278. The maximum Gasteiger partial charge on any atom is 0.377 e. The average molecular weight is 357 g/mol. The molecule has 0 unspecified atom stereocenters. The Balaban J connectivity index is 1.63. The summed E-state index contributed by atoms with van der Waals surface area (Å²) in [6.45, 7) is 3.86. The van der Waals surface area contributed by atoms with Crippen LogP contribution in [0.3, 0.4) is 0 Å². The molecule has 0 atom stereocenters. The molecule has 1 aromatic carbocycles. The van der Waals surface area contributed by atoms with E-state index in [0.717, 1.165) is 11.4 Å². The summed E-state index contributed by atoms with van der Waals surface area (Å²) in [6, 6.07) is 9.59. The maximum atomic E-state index is 12.1. The predicted molar refractivity (Wildman–Crippen MR) is 92.6 cm³/mol. The van der Waals surface area contributed by atoms with E-state index in [2.05, 4.69) is 10.4 Å². The lowest BCUT2D eigenvalue weighted by atomic mass is 10.3. The third-order valence-corrected chi connectivity index (χ3v) is 3.74. The van der Waals surface area contributed by atoms with Gasteiger partial charge in [0.25, 0.3) is 5.91 Å². The molecule has 8 heteroatoms. The van der Waals surface area contributed by atoms with Crippen LogP contribution < -0.4 is 5.32 Å². The van der Waals surface area contributed by atoms with Gasteiger partial charge in [-0.1, -0.05) is 18.2 Å². The fourth-order valence-corrected chi connectivity index (χ4v) is 2.50. The number of amides is 1. The number of aryl methyl sites for hydroxylation is 1. The smallest absolute Gasteiger partial charge is 0.377 e. The lowest BCUT2D eigenvalue weighted by Crippen LogP contribution is -2.24. The molecule has 0 saturated carbocycles. The monoisotopic (exact) mass is 357 g/mol. The predicted octanol–water partition coefficient (Wildman–Crippen LogP) is 1.86. The van der Waals surface area contributed by atoms with Gasteiger partial charge in [-0.3, -0.25) is 4.79 Å². The third kappa shape index (κ3) is 3.85. The number of anilines is 1. The van der Waals surface area contributed by atoms with Crippen LogP contribution in [0.2, 0.25) is 0 Å². The van der Waals surface area contributed by atoms with Gasteiger partial charge in [0.2, 0.25) is 5.76 Å². The maximum absolute atomic E-state index is 12.1. The van der Waals surface area contributed by atoms with Crippen molar-refractivity contribution in [3.05, 3.63) is 53.7 Å². The molecular weight excluding hydrogens is 338 g/mol. The van der Waals surface area contributed by atoms with Crippen molar-refractivity contribution in [2.24, 2.45) is 0 Å². The molecule has 0 radical (unpaired) electrons. The Morgan fingerprint density at radius 2 is 2.00 bits per heavy atom. The zero-order valence-corrected chi connectivity index (χ0v) is 14.5. The Bertz CT molecular complexity index is 842. The molecule has 8 nitrogen and oxygen atoms in total. The highest BCUT2D eigenvalue weighted by Gasteiger charge is 2.19. The first-order chi connectivity index (χ1) is 12.6. The first kappa shape index (κ1) is 17.5. The van der Waals surface area contributed by atoms with Crippen molar-refractivity contribution in [3.8, 4) is 5.69 Å². The quantitative estimate of drug-likeness (QED) is 0.821. The molecule has 1 aromatic heterocycles. The fourth-order valence-electron chi connectivity index (χ4n) is 2.50. The molecule has 3 rings (SSSR count). The summed E-state index contributed by atoms with van der Waals surface area (Å²) in [5, 5.41) is 7.19. The minimum absolute atomic E-state index is 0.0479. The van der Waals surface area contributed by atoms with Crippen molar-refractivity contribution >= 4 is 17.6 Å². The summed E-state index contributed by atoms with van der Waals surface area (Å²) >= 11 is 0. The SMILES string of the molecule is Cc1nn(-c2ccccc2)c(C)c1NC(=O)COC(=O)C1=COCCO1. The first-order valence-corrected chi connectivity index (χ1v) is 8.09. The van der Waals surface area contributed by atoms with Crippen molar-refractivity contribution in [2.45, 2.75) is 13.8 Å². The lowest BCUT2D eigenvalue weighted by molar-refractivity contribution is -0.148. The molecule has 136 valence electrons. The lowest BCUT2D eigenvalue weighted by Gasteiger charge is -2.14. The molecule has 0 spiro atoms. The van der Waals surface area contributed by atoms with Crippen molar-refractivity contribution < 1.29 is 23.8 Å². The molecule has 1 amide bonds. The van der Waals surface area contributed by atoms with Gasteiger partial charge < -0.3 is 19.5 Å². The zero-order chi connectivity index (χ0) is 18.5. The van der Waals surface area contributed by atoms with Crippen LogP contribution in [0.4, 0.5) is 5.69 Å². The number of aromatic nitrogens is 2. The number of hydrogen-bond acceptors (Lipinski definition) is 6. The second-order valence-corrected chi connectivity index (χ2v) is 5.62. The van der Waals surface area contributed by atoms with Gasteiger partial charge >= 0.3 is 5.97 Å². The van der Waals surface area contributed by atoms with E-state index in [9.17, 15) is 9.59 Å². The van der Waals surface area contributed by atoms with Crippen LogP contribution in [-0.2, 0) is 23.8 Å². The number of carbonyl (C=O) groups is 2. The van der Waals surface area contributed by atoms with Crippen LogP contribution in [0.5, 0.6) is 0 Å². The average Bonchev–Trinajstić information content (AvgIpc) is 2.95. The van der Waals surface area contributed by atoms with Crippen LogP contribution in [0.1, 0.15) is 11.4 Å². The van der Waals surface area contributed by atoms with Gasteiger partial charge in [-0.15, -0.1) is 0 Å². The number of nitrogens with zero attached hydrogens (tertiary/aromatic N) is 2. The van der Waals surface area contributed by atoms with Crippen molar-refractivity contribution in [1.82, 2.24) is 9.78 Å². The number of nitrogens with one attached hydrogen (secondary N) is 1. The van der Waals surface area contributed by atoms with E-state index in [1.165, 1.54) is 6.26 Å². The normalized spacial score (nSPS) is 13.2. The number of para-hydroxylation sites is 1. The van der Waals surface area contributed by atoms with Crippen molar-refractivity contribution in [3.63, 3.8) is 0 Å². The summed E-state index contributed by atoms with van der Waals surface area (Å²) < 4.78 is 16.8. The molecule has 1 aliphatic heterocycles. The first-order valence-electron chi connectivity index (χ1n) is 8.09. The Labute approximate surface area is 150 Å². The second kappa shape index (κ2) is 7.73. The summed E-state index contributed by atoms with van der Waals surface area (Å²) in [5.74, 6) is -1.25. The summed E-state index contributed by atoms with van der Waals surface area (Å²) in [5.41, 5.74) is 2.92. The minimum Gasteiger partial charge on any atom is -0.493 e. The second-order valence-electron chi connectivity index (χ2n) is 5.62. The van der Waals surface area contributed by atoms with Crippen molar-refractivity contribution in [2.75, 3.05) is 25.1 Å². The van der Waals surface area contributed by atoms with E-state index in [0.29, 0.717) is 18.0 Å². The van der Waals surface area contributed by atoms with E-state index in [1.807, 2.05) is 37.3 Å². The number of benzene rings is 1. The Morgan fingerprint density at radius 1 is 1.23 bits per heavy atom.